The van der Waals surface area contributed by atoms with Gasteiger partial charge in [0.2, 0.25) is 11.9 Å². The monoisotopic (exact) mass is 486 g/mol. The molecule has 1 amide bonds. The number of hydrogen-bond acceptors (Lipinski definition) is 4. The minimum absolute atomic E-state index is 0.0232. The molecule has 1 aromatic heterocycles. The zero-order valence-electron chi connectivity index (χ0n) is 20.5. The molecule has 0 bridgehead atoms. The van der Waals surface area contributed by atoms with Crippen LogP contribution in [0.25, 0.3) is 11.0 Å². The van der Waals surface area contributed by atoms with Crippen LogP contribution >= 0.6 is 0 Å². The molecule has 7 heteroatoms. The third-order valence-corrected chi connectivity index (χ3v) is 6.71. The third kappa shape index (κ3) is 5.35. The summed E-state index contributed by atoms with van der Waals surface area (Å²) in [6, 6.07) is 22.6. The number of rotatable bonds is 8. The minimum Gasteiger partial charge on any atom is -0.494 e. The summed E-state index contributed by atoms with van der Waals surface area (Å²) in [6.45, 7) is 5.13. The van der Waals surface area contributed by atoms with E-state index in [0.717, 1.165) is 59.8 Å². The van der Waals surface area contributed by atoms with Gasteiger partial charge in [0.15, 0.2) is 0 Å². The summed E-state index contributed by atoms with van der Waals surface area (Å²) in [7, 11) is 0. The number of carbonyl (C=O) groups is 1. The molecule has 0 radical (unpaired) electrons. The van der Waals surface area contributed by atoms with Gasteiger partial charge in [0.25, 0.3) is 0 Å². The lowest BCUT2D eigenvalue weighted by molar-refractivity contribution is -0.125. The van der Waals surface area contributed by atoms with Crippen LogP contribution in [-0.2, 0) is 17.9 Å². The summed E-state index contributed by atoms with van der Waals surface area (Å²) in [6.07, 6.45) is 1.52. The molecule has 2 heterocycles. The number of benzene rings is 3. The summed E-state index contributed by atoms with van der Waals surface area (Å²) < 4.78 is 21.5. The first-order chi connectivity index (χ1) is 17.6. The Labute approximate surface area is 210 Å². The van der Waals surface area contributed by atoms with E-state index in [1.165, 1.54) is 6.07 Å². The number of piperidine rings is 1. The van der Waals surface area contributed by atoms with Crippen molar-refractivity contribution in [1.29, 1.82) is 0 Å². The second-order valence-corrected chi connectivity index (χ2v) is 9.17. The molecule has 1 fully saturated rings. The van der Waals surface area contributed by atoms with Gasteiger partial charge in [-0.3, -0.25) is 4.79 Å². The Kier molecular flexibility index (Phi) is 7.16. The van der Waals surface area contributed by atoms with Crippen molar-refractivity contribution in [1.82, 2.24) is 14.9 Å². The number of anilines is 1. The Morgan fingerprint density at radius 3 is 2.56 bits per heavy atom. The summed E-state index contributed by atoms with van der Waals surface area (Å²) in [5.74, 6) is 1.54. The molecule has 1 N–H and O–H groups in total. The van der Waals surface area contributed by atoms with Crippen molar-refractivity contribution in [3.05, 3.63) is 89.7 Å². The average molecular weight is 487 g/mol. The van der Waals surface area contributed by atoms with Crippen LogP contribution < -0.4 is 15.0 Å². The highest BCUT2D eigenvalue weighted by Gasteiger charge is 2.27. The van der Waals surface area contributed by atoms with Crippen molar-refractivity contribution < 1.29 is 13.9 Å². The number of fused-ring (bicyclic) bond motifs is 1. The number of nitrogens with zero attached hydrogens (tertiary/aromatic N) is 3. The summed E-state index contributed by atoms with van der Waals surface area (Å²) in [5.41, 5.74) is 3.88. The lowest BCUT2D eigenvalue weighted by Gasteiger charge is -2.32. The lowest BCUT2D eigenvalue weighted by Crippen LogP contribution is -2.41. The number of para-hydroxylation sites is 2. The number of aromatic nitrogens is 2. The van der Waals surface area contributed by atoms with Gasteiger partial charge in [0.05, 0.1) is 24.2 Å². The first-order valence-corrected chi connectivity index (χ1v) is 12.5. The van der Waals surface area contributed by atoms with E-state index in [1.54, 1.807) is 12.1 Å². The molecular weight excluding hydrogens is 455 g/mol. The number of nitrogens with one attached hydrogen (secondary N) is 1. The van der Waals surface area contributed by atoms with E-state index in [2.05, 4.69) is 14.8 Å². The highest BCUT2D eigenvalue weighted by atomic mass is 19.1. The highest BCUT2D eigenvalue weighted by molar-refractivity contribution is 5.80. The SMILES string of the molecule is CCOc1ccc(CNC(=O)C2CCN(c3nc4ccccc4n3Cc3cccc(F)c3)CC2)cc1. The predicted molar refractivity (Wildman–Crippen MR) is 140 cm³/mol. The average Bonchev–Trinajstić information content (AvgIpc) is 3.26. The van der Waals surface area contributed by atoms with Gasteiger partial charge in [-0.25, -0.2) is 9.37 Å². The van der Waals surface area contributed by atoms with E-state index in [1.807, 2.05) is 61.5 Å². The van der Waals surface area contributed by atoms with Crippen molar-refractivity contribution >= 4 is 22.9 Å². The zero-order chi connectivity index (χ0) is 24.9. The first-order valence-electron chi connectivity index (χ1n) is 12.5. The van der Waals surface area contributed by atoms with Gasteiger partial charge in [-0.1, -0.05) is 36.4 Å². The van der Waals surface area contributed by atoms with Crippen molar-refractivity contribution in [2.75, 3.05) is 24.6 Å². The van der Waals surface area contributed by atoms with Crippen molar-refractivity contribution in [3.63, 3.8) is 0 Å². The fraction of sp³-hybridized carbons (Fsp3) is 0.310. The molecule has 1 aliphatic rings. The summed E-state index contributed by atoms with van der Waals surface area (Å²) in [4.78, 5) is 20.0. The molecule has 186 valence electrons. The van der Waals surface area contributed by atoms with E-state index in [4.69, 9.17) is 9.72 Å². The molecule has 0 unspecified atom stereocenters. The summed E-state index contributed by atoms with van der Waals surface area (Å²) >= 11 is 0. The number of hydrogen-bond donors (Lipinski definition) is 1. The highest BCUT2D eigenvalue weighted by Crippen LogP contribution is 2.28. The number of halogens is 1. The molecule has 4 aromatic rings. The van der Waals surface area contributed by atoms with Gasteiger partial charge >= 0.3 is 0 Å². The summed E-state index contributed by atoms with van der Waals surface area (Å²) in [5, 5.41) is 3.09. The second kappa shape index (κ2) is 10.8. The van der Waals surface area contributed by atoms with Gasteiger partial charge in [0.1, 0.15) is 11.6 Å². The Hall–Kier alpha value is -3.87. The molecule has 0 saturated carbocycles. The second-order valence-electron chi connectivity index (χ2n) is 9.17. The van der Waals surface area contributed by atoms with Crippen LogP contribution in [0.5, 0.6) is 5.75 Å². The fourth-order valence-electron chi connectivity index (χ4n) is 4.82. The Morgan fingerprint density at radius 1 is 1.03 bits per heavy atom. The van der Waals surface area contributed by atoms with Crippen LogP contribution in [0.3, 0.4) is 0 Å². The number of ether oxygens (including phenoxy) is 1. The standard InChI is InChI=1S/C29H31FN4O2/c1-2-36-25-12-10-21(11-13-25)19-31-28(35)23-14-16-33(17-15-23)29-32-26-8-3-4-9-27(26)34(29)20-22-6-5-7-24(30)18-22/h3-13,18,23H,2,14-17,19-20H2,1H3,(H,31,35). The van der Waals surface area contributed by atoms with E-state index in [0.29, 0.717) is 19.7 Å². The largest absolute Gasteiger partial charge is 0.494 e. The molecule has 3 aromatic carbocycles. The maximum atomic E-state index is 13.8. The maximum Gasteiger partial charge on any atom is 0.223 e. The zero-order valence-corrected chi connectivity index (χ0v) is 20.5. The minimum atomic E-state index is -0.240. The van der Waals surface area contributed by atoms with Gasteiger partial charge < -0.3 is 19.5 Å². The van der Waals surface area contributed by atoms with E-state index in [9.17, 15) is 9.18 Å². The molecule has 0 aliphatic carbocycles. The molecule has 5 rings (SSSR count). The van der Waals surface area contributed by atoms with Gasteiger partial charge in [-0.05, 0) is 67.3 Å². The lowest BCUT2D eigenvalue weighted by atomic mass is 9.96. The molecule has 1 saturated heterocycles. The van der Waals surface area contributed by atoms with Crippen LogP contribution in [0.1, 0.15) is 30.9 Å². The van der Waals surface area contributed by atoms with Crippen LogP contribution in [-0.4, -0.2) is 35.2 Å². The van der Waals surface area contributed by atoms with Crippen LogP contribution in [0.15, 0.2) is 72.8 Å². The molecule has 0 spiro atoms. The van der Waals surface area contributed by atoms with Crippen molar-refractivity contribution in [2.24, 2.45) is 5.92 Å². The predicted octanol–water partition coefficient (Wildman–Crippen LogP) is 5.16. The first kappa shape index (κ1) is 23.9. The van der Waals surface area contributed by atoms with Gasteiger partial charge in [-0.2, -0.15) is 0 Å². The van der Waals surface area contributed by atoms with Gasteiger partial charge in [-0.15, -0.1) is 0 Å². The number of carbonyl (C=O) groups excluding carboxylic acids is 1. The smallest absolute Gasteiger partial charge is 0.223 e. The van der Waals surface area contributed by atoms with Crippen molar-refractivity contribution in [2.45, 2.75) is 32.9 Å². The van der Waals surface area contributed by atoms with E-state index < -0.39 is 0 Å². The molecule has 36 heavy (non-hydrogen) atoms. The molecule has 6 nitrogen and oxygen atoms in total. The molecule has 0 atom stereocenters. The van der Waals surface area contributed by atoms with E-state index in [-0.39, 0.29) is 17.6 Å². The quantitative estimate of drug-likeness (QED) is 0.374. The Bertz CT molecular complexity index is 1330. The van der Waals surface area contributed by atoms with Gasteiger partial charge in [0, 0.05) is 25.6 Å². The van der Waals surface area contributed by atoms with Crippen LogP contribution in [0.4, 0.5) is 10.3 Å². The Morgan fingerprint density at radius 2 is 1.81 bits per heavy atom. The van der Waals surface area contributed by atoms with Crippen LogP contribution in [0.2, 0.25) is 0 Å². The fourth-order valence-corrected chi connectivity index (χ4v) is 4.82. The topological polar surface area (TPSA) is 59.4 Å². The van der Waals surface area contributed by atoms with E-state index >= 15 is 0 Å². The maximum absolute atomic E-state index is 13.8. The van der Waals surface area contributed by atoms with Crippen LogP contribution in [0, 0.1) is 11.7 Å². The third-order valence-electron chi connectivity index (χ3n) is 6.71. The molecular formula is C29H31FN4O2. The number of imidazole rings is 1. The van der Waals surface area contributed by atoms with Crippen molar-refractivity contribution in [3.8, 4) is 5.75 Å². The molecule has 1 aliphatic heterocycles. The normalized spacial score (nSPS) is 14.2. The number of amides is 1. The Balaban J connectivity index is 1.23.